The van der Waals surface area contributed by atoms with Crippen molar-refractivity contribution in [2.24, 2.45) is 11.7 Å². The van der Waals surface area contributed by atoms with Crippen LogP contribution in [0.1, 0.15) is 70.6 Å². The summed E-state index contributed by atoms with van der Waals surface area (Å²) in [6.07, 6.45) is 15.6. The molecule has 0 radical (unpaired) electrons. The lowest BCUT2D eigenvalue weighted by Crippen LogP contribution is -2.47. The van der Waals surface area contributed by atoms with Crippen molar-refractivity contribution in [1.29, 1.82) is 0 Å². The van der Waals surface area contributed by atoms with E-state index >= 15 is 0 Å². The first kappa shape index (κ1) is 13.4. The summed E-state index contributed by atoms with van der Waals surface area (Å²) in [6.45, 7) is 0.834. The third kappa shape index (κ3) is 4.26. The first-order chi connectivity index (χ1) is 8.40. The quantitative estimate of drug-likeness (QED) is 0.738. The fourth-order valence-electron chi connectivity index (χ4n) is 3.68. The van der Waals surface area contributed by atoms with E-state index < -0.39 is 0 Å². The van der Waals surface area contributed by atoms with Crippen LogP contribution in [0.5, 0.6) is 0 Å². The van der Waals surface area contributed by atoms with E-state index in [1.54, 1.807) is 0 Å². The average molecular weight is 238 g/mol. The van der Waals surface area contributed by atoms with E-state index in [2.05, 4.69) is 5.32 Å². The normalized spacial score (nSPS) is 26.6. The first-order valence-corrected chi connectivity index (χ1v) is 7.86. The zero-order valence-corrected chi connectivity index (χ0v) is 11.3. The van der Waals surface area contributed by atoms with Gasteiger partial charge in [-0.2, -0.15) is 0 Å². The Morgan fingerprint density at radius 1 is 0.824 bits per heavy atom. The van der Waals surface area contributed by atoms with Gasteiger partial charge in [0.25, 0.3) is 0 Å². The molecule has 1 unspecified atom stereocenters. The molecule has 0 spiro atoms. The molecule has 2 nitrogen and oxygen atoms in total. The fraction of sp³-hybridized carbons (Fsp3) is 1.00. The fourth-order valence-corrected chi connectivity index (χ4v) is 3.68. The molecule has 0 saturated heterocycles. The molecule has 2 fully saturated rings. The predicted molar refractivity (Wildman–Crippen MR) is 74.0 cm³/mol. The van der Waals surface area contributed by atoms with Crippen molar-refractivity contribution in [3.8, 4) is 0 Å². The molecule has 100 valence electrons. The lowest BCUT2D eigenvalue weighted by molar-refractivity contribution is 0.264. The van der Waals surface area contributed by atoms with Gasteiger partial charge in [-0.25, -0.2) is 0 Å². The van der Waals surface area contributed by atoms with Gasteiger partial charge in [0.1, 0.15) is 0 Å². The van der Waals surface area contributed by atoms with E-state index in [1.165, 1.54) is 70.6 Å². The third-order valence-corrected chi connectivity index (χ3v) is 4.78. The second-order valence-corrected chi connectivity index (χ2v) is 6.10. The van der Waals surface area contributed by atoms with Crippen LogP contribution in [0.2, 0.25) is 0 Å². The maximum atomic E-state index is 6.01. The largest absolute Gasteiger partial charge is 0.329 e. The first-order valence-electron chi connectivity index (χ1n) is 7.86. The van der Waals surface area contributed by atoms with Crippen LogP contribution in [0.3, 0.4) is 0 Å². The van der Waals surface area contributed by atoms with Crippen LogP contribution < -0.4 is 11.1 Å². The minimum absolute atomic E-state index is 0.594. The summed E-state index contributed by atoms with van der Waals surface area (Å²) >= 11 is 0. The van der Waals surface area contributed by atoms with E-state index in [-0.39, 0.29) is 0 Å². The lowest BCUT2D eigenvalue weighted by atomic mass is 9.89. The van der Waals surface area contributed by atoms with Crippen LogP contribution in [0, 0.1) is 5.92 Å². The van der Waals surface area contributed by atoms with Crippen LogP contribution in [0.4, 0.5) is 0 Å². The molecule has 0 bridgehead atoms. The van der Waals surface area contributed by atoms with Gasteiger partial charge in [-0.1, -0.05) is 44.9 Å². The van der Waals surface area contributed by atoms with Crippen LogP contribution in [-0.2, 0) is 0 Å². The van der Waals surface area contributed by atoms with Crippen molar-refractivity contribution in [1.82, 2.24) is 5.32 Å². The highest BCUT2D eigenvalue weighted by atomic mass is 15.0. The summed E-state index contributed by atoms with van der Waals surface area (Å²) in [5.41, 5.74) is 6.01. The van der Waals surface area contributed by atoms with Crippen LogP contribution in [-0.4, -0.2) is 18.6 Å². The lowest BCUT2D eigenvalue weighted by Gasteiger charge is -2.32. The molecule has 17 heavy (non-hydrogen) atoms. The van der Waals surface area contributed by atoms with Crippen molar-refractivity contribution < 1.29 is 0 Å². The SMILES string of the molecule is NCC(NC1CCCCC1)C1CCCCCC1. The zero-order chi connectivity index (χ0) is 11.9. The maximum absolute atomic E-state index is 6.01. The van der Waals surface area contributed by atoms with Crippen molar-refractivity contribution in [2.75, 3.05) is 6.54 Å². The highest BCUT2D eigenvalue weighted by molar-refractivity contribution is 4.83. The van der Waals surface area contributed by atoms with E-state index in [0.29, 0.717) is 6.04 Å². The highest BCUT2D eigenvalue weighted by Gasteiger charge is 2.24. The topological polar surface area (TPSA) is 38.0 Å². The van der Waals surface area contributed by atoms with Crippen LogP contribution >= 0.6 is 0 Å². The van der Waals surface area contributed by atoms with E-state index in [0.717, 1.165) is 18.5 Å². The molecule has 3 N–H and O–H groups in total. The molecule has 0 aromatic rings. The number of hydrogen-bond acceptors (Lipinski definition) is 2. The van der Waals surface area contributed by atoms with Crippen molar-refractivity contribution >= 4 is 0 Å². The summed E-state index contributed by atoms with van der Waals surface area (Å²) in [4.78, 5) is 0. The minimum atomic E-state index is 0.594. The molecule has 2 heteroatoms. The summed E-state index contributed by atoms with van der Waals surface area (Å²) in [5.74, 6) is 0.851. The molecule has 0 heterocycles. The van der Waals surface area contributed by atoms with Gasteiger partial charge in [0.15, 0.2) is 0 Å². The van der Waals surface area contributed by atoms with Gasteiger partial charge >= 0.3 is 0 Å². The molecule has 0 amide bonds. The molecular weight excluding hydrogens is 208 g/mol. The highest BCUT2D eigenvalue weighted by Crippen LogP contribution is 2.27. The number of hydrogen-bond donors (Lipinski definition) is 2. The number of nitrogens with one attached hydrogen (secondary N) is 1. The summed E-state index contributed by atoms with van der Waals surface area (Å²) in [7, 11) is 0. The summed E-state index contributed by atoms with van der Waals surface area (Å²) in [6, 6.07) is 1.36. The molecule has 0 aromatic carbocycles. The molecular formula is C15H30N2. The van der Waals surface area contributed by atoms with Gasteiger partial charge in [-0.3, -0.25) is 0 Å². The van der Waals surface area contributed by atoms with E-state index in [9.17, 15) is 0 Å². The molecule has 2 rings (SSSR count). The molecule has 2 saturated carbocycles. The Kier molecular flexibility index (Phi) is 5.79. The Hall–Kier alpha value is -0.0800. The van der Waals surface area contributed by atoms with Crippen molar-refractivity contribution in [3.05, 3.63) is 0 Å². The maximum Gasteiger partial charge on any atom is 0.0221 e. The van der Waals surface area contributed by atoms with Gasteiger partial charge < -0.3 is 11.1 Å². The second-order valence-electron chi connectivity index (χ2n) is 6.10. The molecule has 0 aromatic heterocycles. The monoisotopic (exact) mass is 238 g/mol. The third-order valence-electron chi connectivity index (χ3n) is 4.78. The van der Waals surface area contributed by atoms with Gasteiger partial charge in [0, 0.05) is 18.6 Å². The van der Waals surface area contributed by atoms with Crippen LogP contribution in [0.25, 0.3) is 0 Å². The molecule has 0 aliphatic heterocycles. The number of rotatable bonds is 4. The van der Waals surface area contributed by atoms with Gasteiger partial charge in [-0.05, 0) is 31.6 Å². The van der Waals surface area contributed by atoms with Crippen molar-refractivity contribution in [2.45, 2.75) is 82.7 Å². The Bertz CT molecular complexity index is 191. The van der Waals surface area contributed by atoms with E-state index in [1.807, 2.05) is 0 Å². The zero-order valence-electron chi connectivity index (χ0n) is 11.3. The Morgan fingerprint density at radius 2 is 1.35 bits per heavy atom. The predicted octanol–water partition coefficient (Wildman–Crippen LogP) is 3.21. The summed E-state index contributed by atoms with van der Waals surface area (Å²) in [5, 5.41) is 3.88. The number of nitrogens with two attached hydrogens (primary N) is 1. The molecule has 2 aliphatic rings. The minimum Gasteiger partial charge on any atom is -0.329 e. The van der Waals surface area contributed by atoms with Crippen LogP contribution in [0.15, 0.2) is 0 Å². The summed E-state index contributed by atoms with van der Waals surface area (Å²) < 4.78 is 0. The second kappa shape index (κ2) is 7.38. The Morgan fingerprint density at radius 3 is 1.94 bits per heavy atom. The smallest absolute Gasteiger partial charge is 0.0221 e. The Balaban J connectivity index is 1.81. The average Bonchev–Trinajstić information content (AvgIpc) is 2.66. The van der Waals surface area contributed by atoms with Gasteiger partial charge in [0.2, 0.25) is 0 Å². The molecule has 1 atom stereocenters. The Labute approximate surface area is 107 Å². The standard InChI is InChI=1S/C15H30N2/c16-12-15(13-8-4-1-2-5-9-13)17-14-10-6-3-7-11-14/h13-15,17H,1-12,16H2. The van der Waals surface area contributed by atoms with Gasteiger partial charge in [-0.15, -0.1) is 0 Å². The van der Waals surface area contributed by atoms with Gasteiger partial charge in [0.05, 0.1) is 0 Å². The van der Waals surface area contributed by atoms with E-state index in [4.69, 9.17) is 5.73 Å². The molecule has 2 aliphatic carbocycles. The van der Waals surface area contributed by atoms with Crippen molar-refractivity contribution in [3.63, 3.8) is 0 Å².